The molecular formula is C21H27Cl2N5O4. The number of amides is 1. The third-order valence-electron chi connectivity index (χ3n) is 4.79. The Labute approximate surface area is 195 Å². The van der Waals surface area contributed by atoms with Crippen LogP contribution in [0.2, 0.25) is 10.0 Å². The highest BCUT2D eigenvalue weighted by Gasteiger charge is 2.24. The van der Waals surface area contributed by atoms with E-state index >= 15 is 0 Å². The summed E-state index contributed by atoms with van der Waals surface area (Å²) < 4.78 is 2.09. The number of nitrogens with zero attached hydrogens (tertiary/aromatic N) is 3. The maximum Gasteiger partial charge on any atom is 0.332 e. The van der Waals surface area contributed by atoms with Crippen LogP contribution in [0.15, 0.2) is 27.8 Å². The second kappa shape index (κ2) is 11.3. The van der Waals surface area contributed by atoms with E-state index in [1.165, 1.54) is 17.7 Å². The van der Waals surface area contributed by atoms with Crippen molar-refractivity contribution >= 4 is 46.4 Å². The number of hydrogen-bond acceptors (Lipinski definition) is 6. The molecule has 0 spiro atoms. The summed E-state index contributed by atoms with van der Waals surface area (Å²) in [6.45, 7) is 4.16. The zero-order valence-corrected chi connectivity index (χ0v) is 19.8. The zero-order valence-electron chi connectivity index (χ0n) is 18.3. The lowest BCUT2D eigenvalue weighted by Crippen LogP contribution is -2.45. The molecule has 0 bridgehead atoms. The van der Waals surface area contributed by atoms with E-state index in [4.69, 9.17) is 28.9 Å². The Hall–Kier alpha value is -2.62. The normalized spacial score (nSPS) is 11.1. The lowest BCUT2D eigenvalue weighted by molar-refractivity contribution is -0.117. The van der Waals surface area contributed by atoms with Gasteiger partial charge < -0.3 is 11.1 Å². The van der Waals surface area contributed by atoms with Crippen molar-refractivity contribution < 1.29 is 9.59 Å². The van der Waals surface area contributed by atoms with Crippen molar-refractivity contribution in [2.75, 3.05) is 30.7 Å². The van der Waals surface area contributed by atoms with Gasteiger partial charge in [-0.25, -0.2) is 4.79 Å². The number of nitrogens with one attached hydrogen (secondary N) is 1. The van der Waals surface area contributed by atoms with E-state index in [0.717, 1.165) is 4.57 Å². The summed E-state index contributed by atoms with van der Waals surface area (Å²) in [5, 5.41) is 3.42. The first-order chi connectivity index (χ1) is 15.1. The van der Waals surface area contributed by atoms with Crippen LogP contribution in [0.5, 0.6) is 0 Å². The third-order valence-corrected chi connectivity index (χ3v) is 5.34. The highest BCUT2D eigenvalue weighted by Crippen LogP contribution is 2.25. The molecule has 0 aliphatic carbocycles. The number of aromatic nitrogens is 2. The van der Waals surface area contributed by atoms with Crippen LogP contribution >= 0.6 is 23.2 Å². The molecule has 1 heterocycles. The van der Waals surface area contributed by atoms with E-state index in [-0.39, 0.29) is 36.9 Å². The number of rotatable bonds is 10. The molecule has 0 atom stereocenters. The number of carbonyl (C=O) groups excluding carboxylic acids is 2. The minimum absolute atomic E-state index is 0.104. The molecule has 0 saturated carbocycles. The summed E-state index contributed by atoms with van der Waals surface area (Å²) in [6.07, 6.45) is 1.27. The van der Waals surface area contributed by atoms with E-state index in [2.05, 4.69) is 5.32 Å². The highest BCUT2D eigenvalue weighted by molar-refractivity contribution is 6.36. The lowest BCUT2D eigenvalue weighted by atomic mass is 10.1. The summed E-state index contributed by atoms with van der Waals surface area (Å²) in [7, 11) is 1.31. The average Bonchev–Trinajstić information content (AvgIpc) is 2.72. The molecule has 174 valence electrons. The molecule has 11 heteroatoms. The molecule has 1 aromatic carbocycles. The van der Waals surface area contributed by atoms with Crippen molar-refractivity contribution in [3.8, 4) is 0 Å². The molecule has 2 rings (SSSR count). The number of anilines is 2. The van der Waals surface area contributed by atoms with Crippen molar-refractivity contribution in [3.63, 3.8) is 0 Å². The zero-order chi connectivity index (χ0) is 24.0. The Kier molecular flexibility index (Phi) is 9.06. The Bertz CT molecular complexity index is 1130. The fourth-order valence-electron chi connectivity index (χ4n) is 3.28. The monoisotopic (exact) mass is 483 g/mol. The van der Waals surface area contributed by atoms with Gasteiger partial charge in [-0.15, -0.1) is 0 Å². The summed E-state index contributed by atoms with van der Waals surface area (Å²) in [4.78, 5) is 52.1. The number of hydrogen-bond donors (Lipinski definition) is 2. The van der Waals surface area contributed by atoms with Crippen molar-refractivity contribution in [1.82, 2.24) is 14.0 Å². The van der Waals surface area contributed by atoms with E-state index in [0.29, 0.717) is 35.1 Å². The molecule has 0 unspecified atom stereocenters. The number of benzene rings is 1. The van der Waals surface area contributed by atoms with Crippen LogP contribution in [0.4, 0.5) is 11.5 Å². The van der Waals surface area contributed by atoms with Crippen LogP contribution in [0.3, 0.4) is 0 Å². The molecule has 0 radical (unpaired) electrons. The van der Waals surface area contributed by atoms with Gasteiger partial charge in [-0.05, 0) is 37.6 Å². The second-order valence-corrected chi connectivity index (χ2v) is 8.21. The Balaban J connectivity index is 2.24. The topological polar surface area (TPSA) is 119 Å². The van der Waals surface area contributed by atoms with Gasteiger partial charge in [0.1, 0.15) is 11.4 Å². The fraction of sp³-hybridized carbons (Fsp3) is 0.429. The number of ketones is 1. The average molecular weight is 484 g/mol. The van der Waals surface area contributed by atoms with Gasteiger partial charge in [0.2, 0.25) is 5.91 Å². The number of Topliss-reactive ketones (excluding diaryl/α,β-unsaturated/α-hetero) is 1. The van der Waals surface area contributed by atoms with Gasteiger partial charge in [0.25, 0.3) is 5.56 Å². The number of nitrogen functional groups attached to an aromatic ring is 1. The molecular weight excluding hydrogens is 457 g/mol. The summed E-state index contributed by atoms with van der Waals surface area (Å²) in [6, 6.07) is 4.69. The minimum atomic E-state index is -0.751. The van der Waals surface area contributed by atoms with Gasteiger partial charge in [-0.3, -0.25) is 28.4 Å². The molecule has 2 aromatic rings. The number of halogens is 2. The molecule has 0 aliphatic rings. The number of carbonyl (C=O) groups is 2. The standard InChI is InChI=1S/C21H27Cl2N5O4/c1-4-8-27(12-17(30)25-15-7-6-13(22)10-14(15)23)11-16(29)18-19(24)28(9-5-2)21(32)26(3)20(18)31/h6-7,10H,4-5,8-9,11-12,24H2,1-3H3,(H,25,30). The van der Waals surface area contributed by atoms with Gasteiger partial charge in [0.05, 0.1) is 23.8 Å². The van der Waals surface area contributed by atoms with Gasteiger partial charge in [0, 0.05) is 18.6 Å². The Morgan fingerprint density at radius 2 is 1.81 bits per heavy atom. The van der Waals surface area contributed by atoms with Crippen LogP contribution < -0.4 is 22.3 Å². The summed E-state index contributed by atoms with van der Waals surface area (Å²) >= 11 is 12.0. The summed E-state index contributed by atoms with van der Waals surface area (Å²) in [5.74, 6) is -1.09. The van der Waals surface area contributed by atoms with Crippen molar-refractivity contribution in [1.29, 1.82) is 0 Å². The maximum absolute atomic E-state index is 13.0. The molecule has 0 fully saturated rings. The minimum Gasteiger partial charge on any atom is -0.384 e. The summed E-state index contributed by atoms with van der Waals surface area (Å²) in [5.41, 5.74) is 4.85. The van der Waals surface area contributed by atoms with E-state index in [9.17, 15) is 19.2 Å². The lowest BCUT2D eigenvalue weighted by Gasteiger charge is -2.21. The Morgan fingerprint density at radius 3 is 2.41 bits per heavy atom. The van der Waals surface area contributed by atoms with Crippen LogP contribution in [-0.2, 0) is 18.4 Å². The van der Waals surface area contributed by atoms with Gasteiger partial charge in [0.15, 0.2) is 5.78 Å². The molecule has 0 saturated heterocycles. The first-order valence-corrected chi connectivity index (χ1v) is 11.0. The smallest absolute Gasteiger partial charge is 0.332 e. The molecule has 9 nitrogen and oxygen atoms in total. The largest absolute Gasteiger partial charge is 0.384 e. The highest BCUT2D eigenvalue weighted by atomic mass is 35.5. The van der Waals surface area contributed by atoms with E-state index in [1.54, 1.807) is 17.0 Å². The van der Waals surface area contributed by atoms with E-state index < -0.39 is 17.0 Å². The second-order valence-electron chi connectivity index (χ2n) is 7.36. The van der Waals surface area contributed by atoms with Gasteiger partial charge in [-0.2, -0.15) is 0 Å². The molecule has 0 aliphatic heterocycles. The quantitative estimate of drug-likeness (QED) is 0.500. The Morgan fingerprint density at radius 1 is 1.12 bits per heavy atom. The van der Waals surface area contributed by atoms with Crippen molar-refractivity contribution in [2.24, 2.45) is 7.05 Å². The maximum atomic E-state index is 13.0. The third kappa shape index (κ3) is 5.99. The SMILES string of the molecule is CCCN(CC(=O)Nc1ccc(Cl)cc1Cl)CC(=O)c1c(N)n(CCC)c(=O)n(C)c1=O. The first kappa shape index (κ1) is 25.6. The molecule has 3 N–H and O–H groups in total. The van der Waals surface area contributed by atoms with E-state index in [1.807, 2.05) is 13.8 Å². The van der Waals surface area contributed by atoms with Crippen molar-refractivity contribution in [3.05, 3.63) is 54.6 Å². The first-order valence-electron chi connectivity index (χ1n) is 10.2. The molecule has 1 aromatic heterocycles. The van der Waals surface area contributed by atoms with Crippen molar-refractivity contribution in [2.45, 2.75) is 33.2 Å². The van der Waals surface area contributed by atoms with Crippen LogP contribution in [0, 0.1) is 0 Å². The number of nitrogens with two attached hydrogens (primary N) is 1. The molecule has 1 amide bonds. The van der Waals surface area contributed by atoms with Crippen LogP contribution in [0.1, 0.15) is 37.0 Å². The van der Waals surface area contributed by atoms with Gasteiger partial charge in [-0.1, -0.05) is 37.0 Å². The van der Waals surface area contributed by atoms with Gasteiger partial charge >= 0.3 is 5.69 Å². The van der Waals surface area contributed by atoms with Crippen LogP contribution in [0.25, 0.3) is 0 Å². The fourth-order valence-corrected chi connectivity index (χ4v) is 3.74. The predicted molar refractivity (Wildman–Crippen MR) is 127 cm³/mol. The van der Waals surface area contributed by atoms with Crippen LogP contribution in [-0.4, -0.2) is 45.4 Å². The molecule has 32 heavy (non-hydrogen) atoms. The predicted octanol–water partition coefficient (Wildman–Crippen LogP) is 2.38.